The van der Waals surface area contributed by atoms with E-state index >= 15 is 0 Å². The van der Waals surface area contributed by atoms with Gasteiger partial charge in [0.05, 0.1) is 4.47 Å². The van der Waals surface area contributed by atoms with Crippen LogP contribution in [-0.2, 0) is 0 Å². The molecule has 1 rings (SSSR count). The van der Waals surface area contributed by atoms with Crippen LogP contribution in [0.1, 0.15) is 6.92 Å². The lowest BCUT2D eigenvalue weighted by atomic mass is 10.3. The first-order valence-corrected chi connectivity index (χ1v) is 4.82. The zero-order valence-electron chi connectivity index (χ0n) is 7.46. The van der Waals surface area contributed by atoms with Gasteiger partial charge in [0, 0.05) is 11.8 Å². The predicted octanol–water partition coefficient (Wildman–Crippen LogP) is 2.99. The van der Waals surface area contributed by atoms with Crippen molar-refractivity contribution in [3.05, 3.63) is 34.8 Å². The number of allylic oxidation sites excluding steroid dienone is 1. The van der Waals surface area contributed by atoms with Crippen LogP contribution in [0.15, 0.2) is 34.8 Å². The van der Waals surface area contributed by atoms with Gasteiger partial charge in [0.25, 0.3) is 0 Å². The van der Waals surface area contributed by atoms with Crippen LogP contribution in [0.3, 0.4) is 0 Å². The molecule has 0 aliphatic carbocycles. The Bertz CT molecular complexity index is 310. The summed E-state index contributed by atoms with van der Waals surface area (Å²) in [5.74, 6) is 0.776. The van der Waals surface area contributed by atoms with Gasteiger partial charge in [0.15, 0.2) is 0 Å². The summed E-state index contributed by atoms with van der Waals surface area (Å²) >= 11 is 3.38. The van der Waals surface area contributed by atoms with E-state index in [1.54, 1.807) is 6.07 Å². The number of halogens is 1. The number of ether oxygens (including phenoxy) is 1. The fourth-order valence-electron chi connectivity index (χ4n) is 0.865. The molecule has 0 saturated carbocycles. The normalized spacial score (nSPS) is 10.6. The number of hydrogen-bond donors (Lipinski definition) is 1. The Morgan fingerprint density at radius 2 is 2.31 bits per heavy atom. The molecule has 13 heavy (non-hydrogen) atoms. The number of nitrogens with two attached hydrogens (primary N) is 1. The second-order valence-electron chi connectivity index (χ2n) is 2.57. The highest BCUT2D eigenvalue weighted by Crippen LogP contribution is 2.26. The molecule has 0 aromatic heterocycles. The van der Waals surface area contributed by atoms with Gasteiger partial charge in [-0.05, 0) is 35.0 Å². The lowest BCUT2D eigenvalue weighted by Gasteiger charge is -2.06. The molecule has 2 nitrogen and oxygen atoms in total. The van der Waals surface area contributed by atoms with Crippen molar-refractivity contribution < 1.29 is 4.74 Å². The van der Waals surface area contributed by atoms with Crippen LogP contribution in [0, 0.1) is 0 Å². The highest BCUT2D eigenvalue weighted by Gasteiger charge is 1.99. The smallest absolute Gasteiger partial charge is 0.136 e. The maximum absolute atomic E-state index is 5.61. The molecule has 0 amide bonds. The Labute approximate surface area is 86.5 Å². The summed E-state index contributed by atoms with van der Waals surface area (Å²) in [5, 5.41) is 0. The molecule has 0 fully saturated rings. The topological polar surface area (TPSA) is 35.2 Å². The van der Waals surface area contributed by atoms with Crippen molar-refractivity contribution in [2.45, 2.75) is 6.92 Å². The molecule has 0 spiro atoms. The molecular weight excluding hydrogens is 230 g/mol. The van der Waals surface area contributed by atoms with E-state index in [1.807, 2.05) is 31.2 Å². The monoisotopic (exact) mass is 241 g/mol. The van der Waals surface area contributed by atoms with Gasteiger partial charge in [0.1, 0.15) is 12.4 Å². The first-order chi connectivity index (χ1) is 6.24. The molecule has 0 radical (unpaired) electrons. The summed E-state index contributed by atoms with van der Waals surface area (Å²) in [6.45, 7) is 2.52. The average molecular weight is 242 g/mol. The van der Waals surface area contributed by atoms with Crippen molar-refractivity contribution in [2.24, 2.45) is 0 Å². The minimum Gasteiger partial charge on any atom is -0.488 e. The van der Waals surface area contributed by atoms with Crippen LogP contribution in [0.25, 0.3) is 0 Å². The second kappa shape index (κ2) is 4.92. The van der Waals surface area contributed by atoms with Gasteiger partial charge < -0.3 is 10.5 Å². The first-order valence-electron chi connectivity index (χ1n) is 4.03. The second-order valence-corrected chi connectivity index (χ2v) is 3.42. The number of nitrogen functional groups attached to an aromatic ring is 1. The minimum atomic E-state index is 0.568. The average Bonchev–Trinajstić information content (AvgIpc) is 2.11. The van der Waals surface area contributed by atoms with E-state index in [2.05, 4.69) is 15.9 Å². The zero-order chi connectivity index (χ0) is 9.68. The molecule has 0 unspecified atom stereocenters. The molecule has 1 aromatic rings. The fourth-order valence-corrected chi connectivity index (χ4v) is 1.23. The Balaban J connectivity index is 2.69. The van der Waals surface area contributed by atoms with Crippen LogP contribution in [0.2, 0.25) is 0 Å². The zero-order valence-corrected chi connectivity index (χ0v) is 9.04. The summed E-state index contributed by atoms with van der Waals surface area (Å²) in [6.07, 6.45) is 3.88. The fraction of sp³-hybridized carbons (Fsp3) is 0.200. The van der Waals surface area contributed by atoms with Crippen LogP contribution in [0.4, 0.5) is 5.69 Å². The van der Waals surface area contributed by atoms with E-state index in [0.717, 1.165) is 10.2 Å². The maximum atomic E-state index is 5.61. The third kappa shape index (κ3) is 3.11. The molecule has 0 heterocycles. The number of benzene rings is 1. The van der Waals surface area contributed by atoms with Crippen molar-refractivity contribution in [3.63, 3.8) is 0 Å². The van der Waals surface area contributed by atoms with Crippen molar-refractivity contribution in [1.29, 1.82) is 0 Å². The molecule has 0 aliphatic heterocycles. The Hall–Kier alpha value is -0.960. The molecule has 2 N–H and O–H groups in total. The van der Waals surface area contributed by atoms with Gasteiger partial charge in [-0.2, -0.15) is 0 Å². The number of hydrogen-bond acceptors (Lipinski definition) is 2. The molecule has 70 valence electrons. The van der Waals surface area contributed by atoms with Gasteiger partial charge >= 0.3 is 0 Å². The van der Waals surface area contributed by atoms with E-state index < -0.39 is 0 Å². The van der Waals surface area contributed by atoms with Crippen LogP contribution >= 0.6 is 15.9 Å². The van der Waals surface area contributed by atoms with Gasteiger partial charge in [-0.3, -0.25) is 0 Å². The highest BCUT2D eigenvalue weighted by atomic mass is 79.9. The lowest BCUT2D eigenvalue weighted by molar-refractivity contribution is 0.360. The predicted molar refractivity (Wildman–Crippen MR) is 58.9 cm³/mol. The highest BCUT2D eigenvalue weighted by molar-refractivity contribution is 9.10. The first kappa shape index (κ1) is 10.1. The third-order valence-corrected chi connectivity index (χ3v) is 2.18. The van der Waals surface area contributed by atoms with Crippen molar-refractivity contribution >= 4 is 21.6 Å². The van der Waals surface area contributed by atoms with Crippen LogP contribution < -0.4 is 10.5 Å². The summed E-state index contributed by atoms with van der Waals surface area (Å²) in [4.78, 5) is 0. The van der Waals surface area contributed by atoms with E-state index in [1.165, 1.54) is 0 Å². The van der Waals surface area contributed by atoms with E-state index in [0.29, 0.717) is 12.3 Å². The van der Waals surface area contributed by atoms with Crippen molar-refractivity contribution in [3.8, 4) is 5.75 Å². The van der Waals surface area contributed by atoms with Crippen LogP contribution in [0.5, 0.6) is 5.75 Å². The Kier molecular flexibility index (Phi) is 3.83. The third-order valence-electron chi connectivity index (χ3n) is 1.53. The quantitative estimate of drug-likeness (QED) is 0.653. The summed E-state index contributed by atoms with van der Waals surface area (Å²) < 4.78 is 6.37. The van der Waals surface area contributed by atoms with Crippen molar-refractivity contribution in [2.75, 3.05) is 12.3 Å². The maximum Gasteiger partial charge on any atom is 0.136 e. The van der Waals surface area contributed by atoms with Gasteiger partial charge in [-0.15, -0.1) is 0 Å². The molecule has 0 bridgehead atoms. The molecule has 0 aliphatic rings. The summed E-state index contributed by atoms with van der Waals surface area (Å²) in [5.41, 5.74) is 6.32. The number of rotatable bonds is 3. The standard InChI is InChI=1S/C10H12BrNO/c1-2-3-6-13-10-7-8(12)4-5-9(10)11/h2-5,7H,6,12H2,1H3/b3-2+. The molecular formula is C10H12BrNO. The summed E-state index contributed by atoms with van der Waals surface area (Å²) in [7, 11) is 0. The van der Waals surface area contributed by atoms with Gasteiger partial charge in [-0.1, -0.05) is 12.2 Å². The molecule has 1 aromatic carbocycles. The summed E-state index contributed by atoms with van der Waals surface area (Å²) in [6, 6.07) is 5.50. The Morgan fingerprint density at radius 1 is 1.54 bits per heavy atom. The minimum absolute atomic E-state index is 0.568. The molecule has 0 atom stereocenters. The van der Waals surface area contributed by atoms with Gasteiger partial charge in [0.2, 0.25) is 0 Å². The SMILES string of the molecule is C/C=C/COc1cc(N)ccc1Br. The lowest BCUT2D eigenvalue weighted by Crippen LogP contribution is -1.95. The molecule has 0 saturated heterocycles. The van der Waals surface area contributed by atoms with Gasteiger partial charge in [-0.25, -0.2) is 0 Å². The van der Waals surface area contributed by atoms with E-state index in [-0.39, 0.29) is 0 Å². The molecule has 3 heteroatoms. The Morgan fingerprint density at radius 3 is 3.00 bits per heavy atom. The van der Waals surface area contributed by atoms with E-state index in [4.69, 9.17) is 10.5 Å². The number of anilines is 1. The van der Waals surface area contributed by atoms with Crippen molar-refractivity contribution in [1.82, 2.24) is 0 Å². The van der Waals surface area contributed by atoms with E-state index in [9.17, 15) is 0 Å². The largest absolute Gasteiger partial charge is 0.488 e. The van der Waals surface area contributed by atoms with Crippen LogP contribution in [-0.4, -0.2) is 6.61 Å².